The number of aromatic nitrogens is 2. The lowest BCUT2D eigenvalue weighted by atomic mass is 9.86. The van der Waals surface area contributed by atoms with E-state index in [0.717, 1.165) is 63.3 Å². The molecule has 0 radical (unpaired) electrons. The first-order valence-electron chi connectivity index (χ1n) is 14.1. The van der Waals surface area contributed by atoms with E-state index in [0.29, 0.717) is 30.9 Å². The Labute approximate surface area is 215 Å². The van der Waals surface area contributed by atoms with Gasteiger partial charge in [0, 0.05) is 44.3 Å². The third-order valence-electron chi connectivity index (χ3n) is 7.97. The fraction of sp³-hybridized carbons (Fsp3) is 0.808. The van der Waals surface area contributed by atoms with Gasteiger partial charge >= 0.3 is 5.97 Å². The molecule has 0 atom stereocenters. The lowest BCUT2D eigenvalue weighted by molar-refractivity contribution is -0.138. The molecule has 2 aliphatic carbocycles. The van der Waals surface area contributed by atoms with Gasteiger partial charge < -0.3 is 31.7 Å². The topological polar surface area (TPSA) is 132 Å². The Morgan fingerprint density at radius 2 is 1.72 bits per heavy atom. The van der Waals surface area contributed by atoms with Crippen molar-refractivity contribution >= 4 is 23.6 Å². The summed E-state index contributed by atoms with van der Waals surface area (Å²) in [6.45, 7) is 6.31. The van der Waals surface area contributed by atoms with Crippen LogP contribution in [-0.2, 0) is 4.79 Å². The molecule has 3 fully saturated rings. The van der Waals surface area contributed by atoms with Gasteiger partial charge in [-0.2, -0.15) is 9.97 Å². The summed E-state index contributed by atoms with van der Waals surface area (Å²) >= 11 is 0. The van der Waals surface area contributed by atoms with Gasteiger partial charge in [-0.1, -0.05) is 19.3 Å². The zero-order valence-electron chi connectivity index (χ0n) is 21.8. The van der Waals surface area contributed by atoms with Crippen molar-refractivity contribution in [2.75, 3.05) is 68.3 Å². The zero-order valence-corrected chi connectivity index (χ0v) is 21.8. The molecule has 1 saturated heterocycles. The van der Waals surface area contributed by atoms with Crippen LogP contribution in [0.1, 0.15) is 64.2 Å². The molecule has 2 heterocycles. The first-order chi connectivity index (χ1) is 17.5. The second-order valence-corrected chi connectivity index (χ2v) is 10.8. The SMILES string of the molecule is Nc1cc(N2CCN(CC(=O)O)CC2)nc(NC2CCC(CNCCCNC3CCCCC3)CC2)n1. The molecule has 1 aliphatic heterocycles. The fourth-order valence-electron chi connectivity index (χ4n) is 5.83. The summed E-state index contributed by atoms with van der Waals surface area (Å²) in [5.41, 5.74) is 6.10. The number of nitrogens with two attached hydrogens (primary N) is 1. The minimum atomic E-state index is -0.783. The molecule has 10 nitrogen and oxygen atoms in total. The molecule has 36 heavy (non-hydrogen) atoms. The Kier molecular flexibility index (Phi) is 10.4. The second kappa shape index (κ2) is 13.9. The van der Waals surface area contributed by atoms with E-state index in [9.17, 15) is 4.79 Å². The number of carboxylic acids is 1. The summed E-state index contributed by atoms with van der Waals surface area (Å²) in [6.07, 6.45) is 12.8. The second-order valence-electron chi connectivity index (χ2n) is 10.8. The van der Waals surface area contributed by atoms with Gasteiger partial charge in [0.25, 0.3) is 0 Å². The molecule has 10 heteroatoms. The number of aliphatic carboxylic acids is 1. The number of carbonyl (C=O) groups is 1. The third-order valence-corrected chi connectivity index (χ3v) is 7.97. The normalized spacial score (nSPS) is 24.1. The number of hydrogen-bond acceptors (Lipinski definition) is 9. The number of hydrogen-bond donors (Lipinski definition) is 5. The largest absolute Gasteiger partial charge is 0.480 e. The molecule has 202 valence electrons. The summed E-state index contributed by atoms with van der Waals surface area (Å²) in [7, 11) is 0. The third kappa shape index (κ3) is 8.74. The van der Waals surface area contributed by atoms with Crippen LogP contribution in [-0.4, -0.2) is 90.4 Å². The smallest absolute Gasteiger partial charge is 0.317 e. The van der Waals surface area contributed by atoms with Crippen LogP contribution < -0.4 is 26.6 Å². The predicted molar refractivity (Wildman–Crippen MR) is 144 cm³/mol. The van der Waals surface area contributed by atoms with Crippen LogP contribution in [0.15, 0.2) is 6.07 Å². The van der Waals surface area contributed by atoms with Crippen LogP contribution in [0.5, 0.6) is 0 Å². The first kappa shape index (κ1) is 26.9. The molecular weight excluding hydrogens is 456 g/mol. The summed E-state index contributed by atoms with van der Waals surface area (Å²) in [6, 6.07) is 2.95. The van der Waals surface area contributed by atoms with Crippen molar-refractivity contribution in [1.29, 1.82) is 0 Å². The molecule has 0 unspecified atom stereocenters. The highest BCUT2D eigenvalue weighted by Crippen LogP contribution is 2.26. The van der Waals surface area contributed by atoms with Crippen LogP contribution in [0.3, 0.4) is 0 Å². The quantitative estimate of drug-likeness (QED) is 0.271. The van der Waals surface area contributed by atoms with Gasteiger partial charge in [0.15, 0.2) is 0 Å². The molecule has 0 bridgehead atoms. The Morgan fingerprint density at radius 1 is 0.972 bits per heavy atom. The Bertz CT molecular complexity index is 803. The monoisotopic (exact) mass is 502 g/mol. The number of rotatable bonds is 12. The van der Waals surface area contributed by atoms with Gasteiger partial charge in [-0.3, -0.25) is 9.69 Å². The van der Waals surface area contributed by atoms with E-state index < -0.39 is 5.97 Å². The Balaban J connectivity index is 1.12. The van der Waals surface area contributed by atoms with Crippen molar-refractivity contribution in [3.63, 3.8) is 0 Å². The maximum Gasteiger partial charge on any atom is 0.317 e. The maximum absolute atomic E-state index is 11.0. The van der Waals surface area contributed by atoms with E-state index in [1.807, 2.05) is 11.0 Å². The van der Waals surface area contributed by atoms with E-state index in [1.54, 1.807) is 0 Å². The predicted octanol–water partition coefficient (Wildman–Crippen LogP) is 2.14. The van der Waals surface area contributed by atoms with Gasteiger partial charge in [-0.25, -0.2) is 0 Å². The molecule has 2 saturated carbocycles. The van der Waals surface area contributed by atoms with E-state index in [1.165, 1.54) is 51.4 Å². The molecule has 4 rings (SSSR count). The molecule has 6 N–H and O–H groups in total. The molecule has 0 aromatic carbocycles. The lowest BCUT2D eigenvalue weighted by Crippen LogP contribution is -2.48. The first-order valence-corrected chi connectivity index (χ1v) is 14.1. The Hall–Kier alpha value is -2.17. The minimum Gasteiger partial charge on any atom is -0.480 e. The van der Waals surface area contributed by atoms with E-state index >= 15 is 0 Å². The molecular formula is C26H46N8O2. The van der Waals surface area contributed by atoms with Crippen LogP contribution in [0.25, 0.3) is 0 Å². The number of nitrogen functional groups attached to an aromatic ring is 1. The number of piperazine rings is 1. The van der Waals surface area contributed by atoms with Gasteiger partial charge in [0.1, 0.15) is 11.6 Å². The van der Waals surface area contributed by atoms with E-state index in [4.69, 9.17) is 15.8 Å². The number of nitrogens with zero attached hydrogens (tertiary/aromatic N) is 4. The van der Waals surface area contributed by atoms with Crippen molar-refractivity contribution in [2.24, 2.45) is 5.92 Å². The molecule has 1 aromatic heterocycles. The van der Waals surface area contributed by atoms with Gasteiger partial charge in [-0.15, -0.1) is 0 Å². The number of nitrogens with one attached hydrogen (secondary N) is 3. The minimum absolute atomic E-state index is 0.0857. The van der Waals surface area contributed by atoms with Gasteiger partial charge in [-0.05, 0) is 70.5 Å². The molecule has 3 aliphatic rings. The highest BCUT2D eigenvalue weighted by atomic mass is 16.4. The van der Waals surface area contributed by atoms with Crippen LogP contribution in [0.2, 0.25) is 0 Å². The summed E-state index contributed by atoms with van der Waals surface area (Å²) in [5, 5.41) is 19.9. The van der Waals surface area contributed by atoms with E-state index in [-0.39, 0.29) is 6.54 Å². The average Bonchev–Trinajstić information content (AvgIpc) is 2.87. The number of anilines is 3. The highest BCUT2D eigenvalue weighted by Gasteiger charge is 2.23. The molecule has 0 spiro atoms. The van der Waals surface area contributed by atoms with Crippen LogP contribution >= 0.6 is 0 Å². The van der Waals surface area contributed by atoms with Gasteiger partial charge in [0.2, 0.25) is 5.95 Å². The van der Waals surface area contributed by atoms with Crippen molar-refractivity contribution in [2.45, 2.75) is 76.3 Å². The van der Waals surface area contributed by atoms with Crippen molar-refractivity contribution in [1.82, 2.24) is 25.5 Å². The van der Waals surface area contributed by atoms with Gasteiger partial charge in [0.05, 0.1) is 6.54 Å². The van der Waals surface area contributed by atoms with Crippen molar-refractivity contribution in [3.8, 4) is 0 Å². The fourth-order valence-corrected chi connectivity index (χ4v) is 5.83. The van der Waals surface area contributed by atoms with Crippen molar-refractivity contribution in [3.05, 3.63) is 6.07 Å². The van der Waals surface area contributed by atoms with E-state index in [2.05, 4.69) is 25.8 Å². The molecule has 0 amide bonds. The lowest BCUT2D eigenvalue weighted by Gasteiger charge is -2.35. The average molecular weight is 503 g/mol. The summed E-state index contributed by atoms with van der Waals surface area (Å²) < 4.78 is 0. The zero-order chi connectivity index (χ0) is 25.2. The molecule has 1 aromatic rings. The summed E-state index contributed by atoms with van der Waals surface area (Å²) in [5.74, 6) is 1.84. The van der Waals surface area contributed by atoms with Crippen LogP contribution in [0, 0.1) is 5.92 Å². The Morgan fingerprint density at radius 3 is 2.44 bits per heavy atom. The van der Waals surface area contributed by atoms with Crippen molar-refractivity contribution < 1.29 is 9.90 Å². The summed E-state index contributed by atoms with van der Waals surface area (Å²) in [4.78, 5) is 24.2. The maximum atomic E-state index is 11.0. The van der Waals surface area contributed by atoms with Crippen LogP contribution in [0.4, 0.5) is 17.6 Å². The standard InChI is InChI=1S/C26H46N8O2/c27-23-17-24(34-15-13-33(14-16-34)19-25(35)36)32-26(31-23)30-22-9-7-20(8-10-22)18-28-11-4-12-29-21-5-2-1-3-6-21/h17,20-22,28-29H,1-16,18-19H2,(H,35,36)(H3,27,30,31,32). The highest BCUT2D eigenvalue weighted by molar-refractivity contribution is 5.69. The number of carboxylic acid groups (broad SMARTS) is 1.